The summed E-state index contributed by atoms with van der Waals surface area (Å²) in [6, 6.07) is 0. The van der Waals surface area contributed by atoms with Gasteiger partial charge in [-0.15, -0.1) is 0 Å². The summed E-state index contributed by atoms with van der Waals surface area (Å²) in [4.78, 5) is 18.9. The quantitative estimate of drug-likeness (QED) is 0.342. The first-order valence-corrected chi connectivity index (χ1v) is 10.3. The Kier molecular flexibility index (Phi) is 23.3. The van der Waals surface area contributed by atoms with E-state index in [1.54, 1.807) is 6.08 Å². The van der Waals surface area contributed by atoms with Crippen LogP contribution in [0.2, 0.25) is 0 Å². The van der Waals surface area contributed by atoms with Crippen LogP contribution in [-0.2, 0) is 9.59 Å². The van der Waals surface area contributed by atoms with Crippen molar-refractivity contribution in [2.75, 3.05) is 6.67 Å². The van der Waals surface area contributed by atoms with Gasteiger partial charge < -0.3 is 10.8 Å². The number of hydrogen-bond acceptors (Lipinski definition) is 2. The van der Waals surface area contributed by atoms with Gasteiger partial charge in [0, 0.05) is 10.6 Å². The molecule has 1 aliphatic carbocycles. The summed E-state index contributed by atoms with van der Waals surface area (Å²) in [6.45, 7) is 10.7. The van der Waals surface area contributed by atoms with Gasteiger partial charge in [-0.3, -0.25) is 4.79 Å². The zero-order valence-electron chi connectivity index (χ0n) is 18.9. The molecule has 1 rings (SSSR count). The standard InChI is InChI=1S/C13H17ClF2.C7H10O2.C2H6.CH3NO/c1-4-6-13(14)10(3)11(5-2)9-12(16)7-8-15;1-5-3-2-4-6(5)7(8)9;1-2;2-1-3/h4,6-7,9H,5,8H2,1-3H3;2-4H2,1H3,(H,8,9);1-2H3;1H,(H2,2,3)/b6-4-,11-9+,12-7+,13-10-;;;. The second-order valence-corrected chi connectivity index (χ2v) is 6.20. The Morgan fingerprint density at radius 3 is 2.13 bits per heavy atom. The van der Waals surface area contributed by atoms with E-state index in [0.29, 0.717) is 17.0 Å². The second-order valence-electron chi connectivity index (χ2n) is 5.79. The van der Waals surface area contributed by atoms with Crippen LogP contribution in [0.25, 0.3) is 0 Å². The molecule has 0 aromatic rings. The topological polar surface area (TPSA) is 80.4 Å². The van der Waals surface area contributed by atoms with Gasteiger partial charge >= 0.3 is 5.97 Å². The SMILES string of the molecule is CC.CC1=C(C(=O)O)CCC1.C\C=C/C(Cl)=C(C)/C(=C/C(F)=C\CF)CC.NC=O. The zero-order chi connectivity index (χ0) is 24.1. The number of carbonyl (C=O) groups excluding carboxylic acids is 1. The van der Waals surface area contributed by atoms with Crippen LogP contribution in [0.5, 0.6) is 0 Å². The van der Waals surface area contributed by atoms with Crippen LogP contribution in [0.4, 0.5) is 8.78 Å². The first-order chi connectivity index (χ1) is 14.2. The van der Waals surface area contributed by atoms with Crippen LogP contribution in [0, 0.1) is 0 Å². The number of allylic oxidation sites excluding steroid dienone is 9. The monoisotopic (exact) mass is 447 g/mol. The van der Waals surface area contributed by atoms with E-state index in [-0.39, 0.29) is 6.41 Å². The minimum absolute atomic E-state index is 0.250. The summed E-state index contributed by atoms with van der Waals surface area (Å²) < 4.78 is 25.0. The average molecular weight is 448 g/mol. The van der Waals surface area contributed by atoms with Gasteiger partial charge in [0.15, 0.2) is 0 Å². The van der Waals surface area contributed by atoms with E-state index in [1.807, 2.05) is 47.6 Å². The van der Waals surface area contributed by atoms with Crippen LogP contribution in [0.1, 0.15) is 67.2 Å². The van der Waals surface area contributed by atoms with Crippen molar-refractivity contribution in [2.24, 2.45) is 5.73 Å². The fraction of sp³-hybridized carbons (Fsp3) is 0.478. The molecule has 30 heavy (non-hydrogen) atoms. The minimum Gasteiger partial charge on any atom is -0.478 e. The molecule has 0 fully saturated rings. The molecule has 0 saturated heterocycles. The molecule has 0 unspecified atom stereocenters. The molecule has 0 radical (unpaired) electrons. The Balaban J connectivity index is -0.000000435. The van der Waals surface area contributed by atoms with E-state index in [2.05, 4.69) is 5.73 Å². The molecule has 0 aromatic carbocycles. The lowest BCUT2D eigenvalue weighted by atomic mass is 10.0. The van der Waals surface area contributed by atoms with Crippen molar-refractivity contribution in [2.45, 2.75) is 67.2 Å². The molecule has 7 heteroatoms. The number of alkyl halides is 1. The molecule has 0 bridgehead atoms. The van der Waals surface area contributed by atoms with Gasteiger partial charge in [0.2, 0.25) is 6.41 Å². The van der Waals surface area contributed by atoms with E-state index in [0.717, 1.165) is 42.1 Å². The van der Waals surface area contributed by atoms with Gasteiger partial charge in [-0.25, -0.2) is 13.6 Å². The van der Waals surface area contributed by atoms with Crippen LogP contribution >= 0.6 is 11.6 Å². The van der Waals surface area contributed by atoms with Crippen molar-refractivity contribution in [1.82, 2.24) is 0 Å². The summed E-state index contributed by atoms with van der Waals surface area (Å²) >= 11 is 6.00. The Morgan fingerprint density at radius 1 is 1.30 bits per heavy atom. The third-order valence-electron chi connectivity index (χ3n) is 3.87. The molecule has 1 amide bonds. The first-order valence-electron chi connectivity index (χ1n) is 9.88. The van der Waals surface area contributed by atoms with E-state index in [9.17, 15) is 13.6 Å². The van der Waals surface area contributed by atoms with Crippen molar-refractivity contribution in [3.63, 3.8) is 0 Å². The smallest absolute Gasteiger partial charge is 0.331 e. The van der Waals surface area contributed by atoms with Crippen molar-refractivity contribution in [3.05, 3.63) is 57.5 Å². The lowest BCUT2D eigenvalue weighted by Gasteiger charge is -2.06. The Labute approximate surface area is 184 Å². The average Bonchev–Trinajstić information content (AvgIpc) is 3.15. The number of nitrogens with two attached hydrogens (primary N) is 1. The minimum atomic E-state index is -0.801. The predicted molar refractivity (Wildman–Crippen MR) is 123 cm³/mol. The zero-order valence-corrected chi connectivity index (χ0v) is 19.7. The van der Waals surface area contributed by atoms with Crippen molar-refractivity contribution >= 4 is 24.0 Å². The first kappa shape index (κ1) is 32.5. The van der Waals surface area contributed by atoms with Crippen LogP contribution < -0.4 is 5.73 Å². The van der Waals surface area contributed by atoms with E-state index in [1.165, 1.54) is 6.08 Å². The van der Waals surface area contributed by atoms with Crippen molar-refractivity contribution in [1.29, 1.82) is 0 Å². The van der Waals surface area contributed by atoms with Crippen molar-refractivity contribution in [3.8, 4) is 0 Å². The molecular formula is C23H36ClF2NO3. The number of rotatable bonds is 6. The molecule has 0 atom stereocenters. The van der Waals surface area contributed by atoms with Gasteiger partial charge in [-0.2, -0.15) is 0 Å². The molecule has 3 N–H and O–H groups in total. The van der Waals surface area contributed by atoms with Gasteiger partial charge in [0.1, 0.15) is 12.5 Å². The number of primary amides is 1. The number of halogens is 3. The molecule has 1 aliphatic rings. The molecule has 4 nitrogen and oxygen atoms in total. The normalized spacial score (nSPS) is 14.6. The maximum Gasteiger partial charge on any atom is 0.331 e. The van der Waals surface area contributed by atoms with E-state index < -0.39 is 18.5 Å². The van der Waals surface area contributed by atoms with Gasteiger partial charge in [0.25, 0.3) is 0 Å². The largest absolute Gasteiger partial charge is 0.478 e. The number of amides is 1. The Bertz CT molecular complexity index is 663. The Hall–Kier alpha value is -2.21. The summed E-state index contributed by atoms with van der Waals surface area (Å²) in [6.07, 6.45) is 9.43. The van der Waals surface area contributed by atoms with Gasteiger partial charge in [-0.05, 0) is 75.8 Å². The highest BCUT2D eigenvalue weighted by Crippen LogP contribution is 2.25. The molecule has 0 aromatic heterocycles. The maximum absolute atomic E-state index is 13.1. The fourth-order valence-electron chi connectivity index (χ4n) is 2.38. The molecule has 0 aliphatic heterocycles. The lowest BCUT2D eigenvalue weighted by Crippen LogP contribution is -1.98. The summed E-state index contributed by atoms with van der Waals surface area (Å²) in [5, 5.41) is 9.10. The molecule has 0 heterocycles. The number of hydrogen-bond donors (Lipinski definition) is 2. The highest BCUT2D eigenvalue weighted by molar-refractivity contribution is 6.31. The number of aliphatic carboxylic acids is 1. The third-order valence-corrected chi connectivity index (χ3v) is 4.28. The van der Waals surface area contributed by atoms with Crippen LogP contribution in [0.3, 0.4) is 0 Å². The van der Waals surface area contributed by atoms with Crippen LogP contribution in [0.15, 0.2) is 57.5 Å². The summed E-state index contributed by atoms with van der Waals surface area (Å²) in [5.74, 6) is -1.30. The molecule has 0 saturated carbocycles. The predicted octanol–water partition coefficient (Wildman–Crippen LogP) is 6.93. The summed E-state index contributed by atoms with van der Waals surface area (Å²) in [5.41, 5.74) is 7.44. The van der Waals surface area contributed by atoms with Crippen molar-refractivity contribution < 1.29 is 23.5 Å². The summed E-state index contributed by atoms with van der Waals surface area (Å²) in [7, 11) is 0. The number of carboxylic acid groups (broad SMARTS) is 1. The second kappa shape index (κ2) is 21.5. The van der Waals surface area contributed by atoms with E-state index >= 15 is 0 Å². The maximum atomic E-state index is 13.1. The van der Waals surface area contributed by atoms with Gasteiger partial charge in [0.05, 0.1) is 0 Å². The highest BCUT2D eigenvalue weighted by Gasteiger charge is 2.15. The highest BCUT2D eigenvalue weighted by atomic mass is 35.5. The third kappa shape index (κ3) is 15.7. The lowest BCUT2D eigenvalue weighted by molar-refractivity contribution is -0.132. The van der Waals surface area contributed by atoms with Gasteiger partial charge in [-0.1, -0.05) is 44.0 Å². The Morgan fingerprint density at radius 2 is 1.83 bits per heavy atom. The van der Waals surface area contributed by atoms with E-state index in [4.69, 9.17) is 21.5 Å². The fourth-order valence-corrected chi connectivity index (χ4v) is 2.63. The van der Waals surface area contributed by atoms with Crippen LogP contribution in [-0.4, -0.2) is 24.2 Å². The number of carbonyl (C=O) groups is 2. The molecular weight excluding hydrogens is 412 g/mol. The molecule has 0 spiro atoms. The molecule has 172 valence electrons. The number of carboxylic acids is 1.